The summed E-state index contributed by atoms with van der Waals surface area (Å²) in [5.74, 6) is -0.532. The molecule has 1 nitrogen and oxygen atoms in total. The molecule has 0 fully saturated rings. The van der Waals surface area contributed by atoms with Gasteiger partial charge in [0.2, 0.25) is 0 Å². The van der Waals surface area contributed by atoms with Gasteiger partial charge in [-0.3, -0.25) is 0 Å². The third kappa shape index (κ3) is 4.35. The molecule has 112 valence electrons. The predicted octanol–water partition coefficient (Wildman–Crippen LogP) is 5.01. The summed E-state index contributed by atoms with van der Waals surface area (Å²) in [5, 5.41) is 3.40. The fourth-order valence-electron chi connectivity index (χ4n) is 2.28. The minimum Gasteiger partial charge on any atom is -0.310 e. The lowest BCUT2D eigenvalue weighted by atomic mass is 9.98. The molecule has 0 bridgehead atoms. The van der Waals surface area contributed by atoms with Gasteiger partial charge in [0.25, 0.3) is 0 Å². The van der Waals surface area contributed by atoms with Gasteiger partial charge in [-0.1, -0.05) is 31.2 Å². The average Bonchev–Trinajstić information content (AvgIpc) is 2.47. The zero-order valence-electron chi connectivity index (χ0n) is 11.9. The molecule has 0 aliphatic rings. The first-order chi connectivity index (χ1) is 10.1. The molecule has 0 radical (unpaired) electrons. The van der Waals surface area contributed by atoms with Crippen LogP contribution in [0.4, 0.5) is 8.78 Å². The van der Waals surface area contributed by atoms with Gasteiger partial charge in [-0.25, -0.2) is 8.78 Å². The Hall–Kier alpha value is -1.26. The standard InChI is InChI=1S/C17H18BrF2N/c1-2-9-21-16(12-5-3-7-14(19)10-12)11-13-6-4-8-15(20)17(13)18/h3-8,10,16,21H,2,9,11H2,1H3. The van der Waals surface area contributed by atoms with Gasteiger partial charge in [0.05, 0.1) is 4.47 Å². The van der Waals surface area contributed by atoms with E-state index in [2.05, 4.69) is 28.2 Å². The minimum atomic E-state index is -0.277. The van der Waals surface area contributed by atoms with E-state index in [4.69, 9.17) is 0 Å². The summed E-state index contributed by atoms with van der Waals surface area (Å²) in [6.45, 7) is 2.90. The van der Waals surface area contributed by atoms with Crippen LogP contribution in [0.25, 0.3) is 0 Å². The third-order valence-electron chi connectivity index (χ3n) is 3.35. The lowest BCUT2D eigenvalue weighted by molar-refractivity contribution is 0.521. The Bertz CT molecular complexity index is 601. The van der Waals surface area contributed by atoms with Crippen molar-refractivity contribution in [3.63, 3.8) is 0 Å². The lowest BCUT2D eigenvalue weighted by Crippen LogP contribution is -2.24. The van der Waals surface area contributed by atoms with Gasteiger partial charge in [-0.05, 0) is 64.6 Å². The third-order valence-corrected chi connectivity index (χ3v) is 4.24. The number of nitrogens with one attached hydrogen (secondary N) is 1. The highest BCUT2D eigenvalue weighted by Crippen LogP contribution is 2.26. The highest BCUT2D eigenvalue weighted by Gasteiger charge is 2.15. The molecular weight excluding hydrogens is 336 g/mol. The molecule has 1 unspecified atom stereocenters. The Kier molecular flexibility index (Phi) is 5.88. The van der Waals surface area contributed by atoms with Gasteiger partial charge in [0.1, 0.15) is 11.6 Å². The summed E-state index contributed by atoms with van der Waals surface area (Å²) in [4.78, 5) is 0. The summed E-state index contributed by atoms with van der Waals surface area (Å²) >= 11 is 3.29. The average molecular weight is 354 g/mol. The summed E-state index contributed by atoms with van der Waals surface area (Å²) in [7, 11) is 0. The zero-order valence-corrected chi connectivity index (χ0v) is 13.5. The number of hydrogen-bond donors (Lipinski definition) is 1. The molecule has 0 aliphatic carbocycles. The summed E-state index contributed by atoms with van der Waals surface area (Å²) in [6, 6.07) is 11.5. The van der Waals surface area contributed by atoms with Crippen LogP contribution in [-0.2, 0) is 6.42 Å². The van der Waals surface area contributed by atoms with Crippen LogP contribution >= 0.6 is 15.9 Å². The number of benzene rings is 2. The van der Waals surface area contributed by atoms with Gasteiger partial charge in [-0.15, -0.1) is 0 Å². The van der Waals surface area contributed by atoms with Crippen molar-refractivity contribution < 1.29 is 8.78 Å². The van der Waals surface area contributed by atoms with Crippen molar-refractivity contribution in [1.29, 1.82) is 0 Å². The molecule has 21 heavy (non-hydrogen) atoms. The van der Waals surface area contributed by atoms with E-state index in [9.17, 15) is 8.78 Å². The molecule has 2 rings (SSSR count). The molecule has 1 atom stereocenters. The minimum absolute atomic E-state index is 0.0428. The number of hydrogen-bond acceptors (Lipinski definition) is 1. The smallest absolute Gasteiger partial charge is 0.137 e. The van der Waals surface area contributed by atoms with E-state index >= 15 is 0 Å². The van der Waals surface area contributed by atoms with Crippen LogP contribution < -0.4 is 5.32 Å². The largest absolute Gasteiger partial charge is 0.310 e. The van der Waals surface area contributed by atoms with E-state index in [0.29, 0.717) is 10.9 Å². The summed E-state index contributed by atoms with van der Waals surface area (Å²) < 4.78 is 27.5. The topological polar surface area (TPSA) is 12.0 Å². The van der Waals surface area contributed by atoms with Crippen LogP contribution in [0.2, 0.25) is 0 Å². The first-order valence-corrected chi connectivity index (χ1v) is 7.83. The molecule has 2 aromatic carbocycles. The van der Waals surface area contributed by atoms with Crippen LogP contribution in [0.3, 0.4) is 0 Å². The van der Waals surface area contributed by atoms with Crippen molar-refractivity contribution in [2.75, 3.05) is 6.54 Å². The monoisotopic (exact) mass is 353 g/mol. The van der Waals surface area contributed by atoms with Crippen molar-refractivity contribution in [1.82, 2.24) is 5.32 Å². The molecule has 4 heteroatoms. The van der Waals surface area contributed by atoms with Crippen LogP contribution in [0.5, 0.6) is 0 Å². The second kappa shape index (κ2) is 7.66. The quantitative estimate of drug-likeness (QED) is 0.769. The lowest BCUT2D eigenvalue weighted by Gasteiger charge is -2.20. The Balaban J connectivity index is 2.26. The number of halogens is 3. The molecule has 0 aromatic heterocycles. The fourth-order valence-corrected chi connectivity index (χ4v) is 2.70. The molecule has 0 aliphatic heterocycles. The van der Waals surface area contributed by atoms with Crippen molar-refractivity contribution in [3.05, 3.63) is 69.7 Å². The summed E-state index contributed by atoms with van der Waals surface area (Å²) in [6.07, 6.45) is 1.58. The molecule has 0 saturated carbocycles. The van der Waals surface area contributed by atoms with Crippen LogP contribution in [0.1, 0.15) is 30.5 Å². The van der Waals surface area contributed by atoms with E-state index in [1.54, 1.807) is 12.1 Å². The van der Waals surface area contributed by atoms with Gasteiger partial charge < -0.3 is 5.32 Å². The van der Waals surface area contributed by atoms with Gasteiger partial charge in [0, 0.05) is 6.04 Å². The Morgan fingerprint density at radius 1 is 1.14 bits per heavy atom. The molecule has 0 spiro atoms. The fraction of sp³-hybridized carbons (Fsp3) is 0.294. The van der Waals surface area contributed by atoms with E-state index in [1.807, 2.05) is 12.1 Å². The van der Waals surface area contributed by atoms with Gasteiger partial charge in [-0.2, -0.15) is 0 Å². The van der Waals surface area contributed by atoms with E-state index in [-0.39, 0.29) is 17.7 Å². The van der Waals surface area contributed by atoms with Crippen molar-refractivity contribution in [3.8, 4) is 0 Å². The van der Waals surface area contributed by atoms with Crippen LogP contribution in [0, 0.1) is 11.6 Å². The van der Waals surface area contributed by atoms with Gasteiger partial charge >= 0.3 is 0 Å². The van der Waals surface area contributed by atoms with Crippen LogP contribution in [-0.4, -0.2) is 6.54 Å². The molecule has 0 heterocycles. The second-order valence-corrected chi connectivity index (χ2v) is 5.77. The van der Waals surface area contributed by atoms with E-state index < -0.39 is 0 Å². The zero-order chi connectivity index (χ0) is 15.2. The summed E-state index contributed by atoms with van der Waals surface area (Å²) in [5.41, 5.74) is 1.74. The Labute approximate surface area is 132 Å². The second-order valence-electron chi connectivity index (χ2n) is 4.98. The van der Waals surface area contributed by atoms with Crippen LogP contribution in [0.15, 0.2) is 46.9 Å². The van der Waals surface area contributed by atoms with Crippen molar-refractivity contribution in [2.45, 2.75) is 25.8 Å². The maximum absolute atomic E-state index is 13.6. The first kappa shape index (κ1) is 16.1. The molecule has 0 amide bonds. The maximum atomic E-state index is 13.6. The Morgan fingerprint density at radius 2 is 1.90 bits per heavy atom. The predicted molar refractivity (Wildman–Crippen MR) is 85.2 cm³/mol. The maximum Gasteiger partial charge on any atom is 0.137 e. The van der Waals surface area contributed by atoms with Gasteiger partial charge in [0.15, 0.2) is 0 Å². The highest BCUT2D eigenvalue weighted by molar-refractivity contribution is 9.10. The first-order valence-electron chi connectivity index (χ1n) is 7.03. The van der Waals surface area contributed by atoms with Crippen molar-refractivity contribution >= 4 is 15.9 Å². The molecule has 1 N–H and O–H groups in total. The molecular formula is C17H18BrF2N. The normalized spacial score (nSPS) is 12.4. The Morgan fingerprint density at radius 3 is 2.62 bits per heavy atom. The van der Waals surface area contributed by atoms with Crippen molar-refractivity contribution in [2.24, 2.45) is 0 Å². The highest BCUT2D eigenvalue weighted by atomic mass is 79.9. The molecule has 2 aromatic rings. The SMILES string of the molecule is CCCNC(Cc1cccc(F)c1Br)c1cccc(F)c1. The van der Waals surface area contributed by atoms with E-state index in [1.165, 1.54) is 18.2 Å². The van der Waals surface area contributed by atoms with E-state index in [0.717, 1.165) is 24.1 Å². The molecule has 0 saturated heterocycles. The number of rotatable bonds is 6.